The van der Waals surface area contributed by atoms with Crippen molar-refractivity contribution in [3.05, 3.63) is 47.7 Å². The Bertz CT molecular complexity index is 710. The quantitative estimate of drug-likeness (QED) is 0.908. The summed E-state index contributed by atoms with van der Waals surface area (Å²) in [6.07, 6.45) is 1.33. The molecule has 0 fully saturated rings. The highest BCUT2D eigenvalue weighted by Gasteiger charge is 2.15. The lowest BCUT2D eigenvalue weighted by atomic mass is 10.1. The molecule has 1 heterocycles. The normalized spacial score (nSPS) is 11.2. The number of hydrogen-bond donors (Lipinski definition) is 2. The van der Waals surface area contributed by atoms with E-state index in [-0.39, 0.29) is 4.90 Å². The van der Waals surface area contributed by atoms with E-state index in [4.69, 9.17) is 0 Å². The number of anilines is 2. The molecule has 2 N–H and O–H groups in total. The smallest absolute Gasteiger partial charge is 0.263 e. The predicted molar refractivity (Wildman–Crippen MR) is 80.5 cm³/mol. The molecule has 0 spiro atoms. The number of nitrogens with one attached hydrogen (secondary N) is 2. The summed E-state index contributed by atoms with van der Waals surface area (Å²) >= 11 is 0. The van der Waals surface area contributed by atoms with E-state index in [2.05, 4.69) is 15.0 Å². The van der Waals surface area contributed by atoms with Gasteiger partial charge in [0.25, 0.3) is 10.0 Å². The first-order valence-electron chi connectivity index (χ1n) is 6.16. The number of rotatable bonds is 4. The van der Waals surface area contributed by atoms with Gasteiger partial charge in [-0.3, -0.25) is 4.72 Å². The van der Waals surface area contributed by atoms with Crippen LogP contribution in [0.2, 0.25) is 0 Å². The third-order valence-corrected chi connectivity index (χ3v) is 4.29. The molecule has 2 rings (SSSR count). The van der Waals surface area contributed by atoms with E-state index >= 15 is 0 Å². The van der Waals surface area contributed by atoms with Gasteiger partial charge in [0.2, 0.25) is 0 Å². The number of benzene rings is 1. The van der Waals surface area contributed by atoms with E-state index < -0.39 is 10.0 Å². The molecule has 20 heavy (non-hydrogen) atoms. The highest BCUT2D eigenvalue weighted by molar-refractivity contribution is 7.92. The van der Waals surface area contributed by atoms with Crippen LogP contribution in [0.3, 0.4) is 0 Å². The van der Waals surface area contributed by atoms with Crippen molar-refractivity contribution >= 4 is 21.5 Å². The molecule has 1 aromatic heterocycles. The van der Waals surface area contributed by atoms with Crippen molar-refractivity contribution < 1.29 is 8.42 Å². The molecular formula is C14H17N3O2S. The van der Waals surface area contributed by atoms with E-state index in [9.17, 15) is 8.42 Å². The average Bonchev–Trinajstić information content (AvgIpc) is 2.43. The summed E-state index contributed by atoms with van der Waals surface area (Å²) in [6, 6.07) is 8.78. The van der Waals surface area contributed by atoms with Crippen molar-refractivity contribution in [3.63, 3.8) is 0 Å². The molecule has 5 nitrogen and oxygen atoms in total. The van der Waals surface area contributed by atoms with E-state index in [1.54, 1.807) is 13.1 Å². The van der Waals surface area contributed by atoms with Crippen LogP contribution in [0, 0.1) is 13.8 Å². The van der Waals surface area contributed by atoms with Crippen LogP contribution in [0.15, 0.2) is 41.4 Å². The Labute approximate surface area is 119 Å². The molecule has 0 bridgehead atoms. The Balaban J connectivity index is 2.32. The molecular weight excluding hydrogens is 274 g/mol. The maximum absolute atomic E-state index is 12.3. The van der Waals surface area contributed by atoms with Gasteiger partial charge in [-0.1, -0.05) is 12.1 Å². The van der Waals surface area contributed by atoms with Crippen LogP contribution in [0.1, 0.15) is 11.1 Å². The lowest BCUT2D eigenvalue weighted by molar-refractivity contribution is 0.601. The van der Waals surface area contributed by atoms with E-state index in [1.807, 2.05) is 32.0 Å². The van der Waals surface area contributed by atoms with Crippen LogP contribution >= 0.6 is 0 Å². The molecule has 0 saturated heterocycles. The number of hydrogen-bond acceptors (Lipinski definition) is 4. The summed E-state index contributed by atoms with van der Waals surface area (Å²) in [4.78, 5) is 4.15. The minimum atomic E-state index is -3.62. The van der Waals surface area contributed by atoms with Crippen molar-refractivity contribution in [2.45, 2.75) is 18.7 Å². The molecule has 0 aliphatic heterocycles. The molecule has 0 radical (unpaired) electrons. The van der Waals surface area contributed by atoms with Crippen molar-refractivity contribution in [2.75, 3.05) is 17.1 Å². The van der Waals surface area contributed by atoms with Crippen molar-refractivity contribution in [2.24, 2.45) is 0 Å². The predicted octanol–water partition coefficient (Wildman–Crippen LogP) is 2.54. The molecule has 0 aliphatic rings. The Hall–Kier alpha value is -2.08. The standard InChI is InChI=1S/C14H17N3O2S/c1-10-4-5-11(2)13(8-10)17-20(18,19)12-6-7-14(15-3)16-9-12/h4-9,17H,1-3H3,(H,15,16). The zero-order valence-corrected chi connectivity index (χ0v) is 12.5. The average molecular weight is 291 g/mol. The van der Waals surface area contributed by atoms with Crippen LogP contribution in [0.5, 0.6) is 0 Å². The number of pyridine rings is 1. The Morgan fingerprint density at radius 1 is 1.10 bits per heavy atom. The molecule has 0 amide bonds. The highest BCUT2D eigenvalue weighted by Crippen LogP contribution is 2.21. The largest absolute Gasteiger partial charge is 0.373 e. The molecule has 2 aromatic rings. The molecule has 0 saturated carbocycles. The van der Waals surface area contributed by atoms with Crippen LogP contribution in [-0.2, 0) is 10.0 Å². The lowest BCUT2D eigenvalue weighted by Crippen LogP contribution is -2.14. The SMILES string of the molecule is CNc1ccc(S(=O)(=O)Nc2cc(C)ccc2C)cn1. The Morgan fingerprint density at radius 3 is 2.45 bits per heavy atom. The van der Waals surface area contributed by atoms with Crippen LogP contribution in [0.4, 0.5) is 11.5 Å². The molecule has 0 atom stereocenters. The number of sulfonamides is 1. The van der Waals surface area contributed by atoms with Crippen molar-refractivity contribution in [3.8, 4) is 0 Å². The van der Waals surface area contributed by atoms with Gasteiger partial charge in [0.05, 0.1) is 5.69 Å². The third-order valence-electron chi connectivity index (χ3n) is 2.94. The molecule has 0 unspecified atom stereocenters. The summed E-state index contributed by atoms with van der Waals surface area (Å²) in [7, 11) is -1.89. The number of aromatic nitrogens is 1. The van der Waals surface area contributed by atoms with Crippen LogP contribution < -0.4 is 10.0 Å². The second-order valence-electron chi connectivity index (χ2n) is 4.55. The first-order chi connectivity index (χ1) is 9.42. The van der Waals surface area contributed by atoms with Crippen LogP contribution in [0.25, 0.3) is 0 Å². The first-order valence-corrected chi connectivity index (χ1v) is 7.64. The van der Waals surface area contributed by atoms with Gasteiger partial charge in [-0.2, -0.15) is 0 Å². The summed E-state index contributed by atoms with van der Waals surface area (Å²) in [5.41, 5.74) is 2.46. The Morgan fingerprint density at radius 2 is 1.85 bits per heavy atom. The van der Waals surface area contributed by atoms with Gasteiger partial charge >= 0.3 is 0 Å². The van der Waals surface area contributed by atoms with Gasteiger partial charge in [0.1, 0.15) is 10.7 Å². The highest BCUT2D eigenvalue weighted by atomic mass is 32.2. The molecule has 1 aromatic carbocycles. The summed E-state index contributed by atoms with van der Waals surface area (Å²) in [5.74, 6) is 0.621. The van der Waals surface area contributed by atoms with Gasteiger partial charge in [0, 0.05) is 13.2 Å². The van der Waals surface area contributed by atoms with E-state index in [1.165, 1.54) is 12.3 Å². The second kappa shape index (κ2) is 5.50. The van der Waals surface area contributed by atoms with Gasteiger partial charge in [0.15, 0.2) is 0 Å². The van der Waals surface area contributed by atoms with Gasteiger partial charge < -0.3 is 5.32 Å². The van der Waals surface area contributed by atoms with Crippen molar-refractivity contribution in [1.29, 1.82) is 0 Å². The minimum absolute atomic E-state index is 0.136. The molecule has 0 aliphatic carbocycles. The zero-order chi connectivity index (χ0) is 14.8. The topological polar surface area (TPSA) is 71.1 Å². The molecule has 6 heteroatoms. The maximum Gasteiger partial charge on any atom is 0.263 e. The minimum Gasteiger partial charge on any atom is -0.373 e. The van der Waals surface area contributed by atoms with E-state index in [0.717, 1.165) is 11.1 Å². The second-order valence-corrected chi connectivity index (χ2v) is 6.24. The summed E-state index contributed by atoms with van der Waals surface area (Å²) in [5, 5.41) is 2.85. The number of nitrogens with zero attached hydrogens (tertiary/aromatic N) is 1. The van der Waals surface area contributed by atoms with Gasteiger partial charge in [-0.15, -0.1) is 0 Å². The summed E-state index contributed by atoms with van der Waals surface area (Å²) < 4.78 is 27.2. The maximum atomic E-state index is 12.3. The van der Waals surface area contributed by atoms with Crippen LogP contribution in [-0.4, -0.2) is 20.4 Å². The summed E-state index contributed by atoms with van der Waals surface area (Å²) in [6.45, 7) is 3.78. The third kappa shape index (κ3) is 3.08. The monoisotopic (exact) mass is 291 g/mol. The number of aryl methyl sites for hydroxylation is 2. The lowest BCUT2D eigenvalue weighted by Gasteiger charge is -2.11. The fourth-order valence-corrected chi connectivity index (χ4v) is 2.80. The Kier molecular flexibility index (Phi) is 3.94. The first kappa shape index (κ1) is 14.3. The molecule has 106 valence electrons. The van der Waals surface area contributed by atoms with Gasteiger partial charge in [-0.25, -0.2) is 13.4 Å². The van der Waals surface area contributed by atoms with Crippen molar-refractivity contribution in [1.82, 2.24) is 4.98 Å². The fourth-order valence-electron chi connectivity index (χ4n) is 1.74. The zero-order valence-electron chi connectivity index (χ0n) is 11.6. The van der Waals surface area contributed by atoms with Gasteiger partial charge in [-0.05, 0) is 43.2 Å². The van der Waals surface area contributed by atoms with E-state index in [0.29, 0.717) is 11.5 Å². The fraction of sp³-hybridized carbons (Fsp3) is 0.214.